The maximum Gasteiger partial charge on any atom is 0.225 e. The van der Waals surface area contributed by atoms with Crippen LogP contribution in [0.25, 0.3) is 11.3 Å². The van der Waals surface area contributed by atoms with E-state index in [1.807, 2.05) is 36.4 Å². The van der Waals surface area contributed by atoms with E-state index < -0.39 is 0 Å². The van der Waals surface area contributed by atoms with Gasteiger partial charge in [0.1, 0.15) is 5.82 Å². The van der Waals surface area contributed by atoms with Gasteiger partial charge in [-0.1, -0.05) is 60.7 Å². The molecule has 0 atom stereocenters. The predicted octanol–water partition coefficient (Wildman–Crippen LogP) is 4.60. The largest absolute Gasteiger partial charge is 0.357 e. The van der Waals surface area contributed by atoms with Gasteiger partial charge in [0.2, 0.25) is 5.95 Å². The Hall–Kier alpha value is -2.88. The van der Waals surface area contributed by atoms with Gasteiger partial charge in [-0.3, -0.25) is 0 Å². The summed E-state index contributed by atoms with van der Waals surface area (Å²) in [4.78, 5) is 11.7. The average Bonchev–Trinajstić information content (AvgIpc) is 2.69. The quantitative estimate of drug-likeness (QED) is 0.686. The van der Waals surface area contributed by atoms with Crippen LogP contribution in [0.15, 0.2) is 66.7 Å². The molecule has 0 unspecified atom stereocenters. The summed E-state index contributed by atoms with van der Waals surface area (Å²) in [5, 5.41) is 3.37. The summed E-state index contributed by atoms with van der Waals surface area (Å²) in [7, 11) is 0. The second-order valence-corrected chi connectivity index (χ2v) is 5.81. The Bertz CT molecular complexity index is 784. The first-order chi connectivity index (χ1) is 12.3. The molecule has 1 N–H and O–H groups in total. The molecule has 25 heavy (non-hydrogen) atoms. The molecule has 1 aromatic heterocycles. The van der Waals surface area contributed by atoms with Crippen LogP contribution >= 0.6 is 0 Å². The molecule has 1 heterocycles. The van der Waals surface area contributed by atoms with Crippen LogP contribution in [0.2, 0.25) is 0 Å². The molecular formula is C21H24N4. The summed E-state index contributed by atoms with van der Waals surface area (Å²) < 4.78 is 0. The third kappa shape index (κ3) is 4.35. The minimum absolute atomic E-state index is 0.659. The Kier molecular flexibility index (Phi) is 5.62. The second-order valence-electron chi connectivity index (χ2n) is 5.81. The summed E-state index contributed by atoms with van der Waals surface area (Å²) >= 11 is 0. The Balaban J connectivity index is 1.92. The Labute approximate surface area is 149 Å². The van der Waals surface area contributed by atoms with Crippen LogP contribution in [0.1, 0.15) is 19.4 Å². The van der Waals surface area contributed by atoms with E-state index in [9.17, 15) is 0 Å². The zero-order chi connectivity index (χ0) is 17.5. The van der Waals surface area contributed by atoms with E-state index in [0.29, 0.717) is 12.5 Å². The number of aromatic nitrogens is 2. The van der Waals surface area contributed by atoms with Crippen molar-refractivity contribution < 1.29 is 0 Å². The lowest BCUT2D eigenvalue weighted by Gasteiger charge is -2.21. The van der Waals surface area contributed by atoms with Crippen molar-refractivity contribution in [3.05, 3.63) is 72.3 Å². The third-order valence-corrected chi connectivity index (χ3v) is 4.16. The molecule has 128 valence electrons. The summed E-state index contributed by atoms with van der Waals surface area (Å²) in [6.45, 7) is 6.83. The Morgan fingerprint density at radius 1 is 0.840 bits per heavy atom. The average molecular weight is 332 g/mol. The molecule has 3 rings (SSSR count). The third-order valence-electron chi connectivity index (χ3n) is 4.16. The fraction of sp³-hybridized carbons (Fsp3) is 0.238. The van der Waals surface area contributed by atoms with Crippen molar-refractivity contribution in [1.29, 1.82) is 0 Å². The SMILES string of the molecule is CCN(CC)c1cc(-c2ccccc2)nc(NCc2ccccc2)n1. The normalized spacial score (nSPS) is 10.5. The van der Waals surface area contributed by atoms with Gasteiger partial charge in [0, 0.05) is 31.3 Å². The molecule has 0 aliphatic carbocycles. The highest BCUT2D eigenvalue weighted by molar-refractivity contribution is 5.64. The predicted molar refractivity (Wildman–Crippen MR) is 105 cm³/mol. The van der Waals surface area contributed by atoms with Crippen LogP contribution in [-0.4, -0.2) is 23.1 Å². The highest BCUT2D eigenvalue weighted by atomic mass is 15.2. The lowest BCUT2D eigenvalue weighted by atomic mass is 10.1. The standard InChI is InChI=1S/C21H24N4/c1-3-25(4-2)20-15-19(18-13-9-6-10-14-18)23-21(24-20)22-16-17-11-7-5-8-12-17/h5-15H,3-4,16H2,1-2H3,(H,22,23,24). The highest BCUT2D eigenvalue weighted by Crippen LogP contribution is 2.23. The number of rotatable bonds is 7. The van der Waals surface area contributed by atoms with Gasteiger partial charge in [0.25, 0.3) is 0 Å². The summed E-state index contributed by atoms with van der Waals surface area (Å²) in [6, 6.07) is 22.6. The van der Waals surface area contributed by atoms with Crippen LogP contribution in [0.5, 0.6) is 0 Å². The lowest BCUT2D eigenvalue weighted by Crippen LogP contribution is -2.23. The van der Waals surface area contributed by atoms with E-state index >= 15 is 0 Å². The van der Waals surface area contributed by atoms with E-state index in [1.165, 1.54) is 5.56 Å². The van der Waals surface area contributed by atoms with Crippen molar-refractivity contribution in [2.24, 2.45) is 0 Å². The zero-order valence-electron chi connectivity index (χ0n) is 14.8. The molecule has 0 aliphatic rings. The molecule has 0 spiro atoms. The van der Waals surface area contributed by atoms with Crippen LogP contribution in [0.3, 0.4) is 0 Å². The van der Waals surface area contributed by atoms with Crippen molar-refractivity contribution in [3.63, 3.8) is 0 Å². The molecular weight excluding hydrogens is 308 g/mol. The van der Waals surface area contributed by atoms with Crippen LogP contribution in [0.4, 0.5) is 11.8 Å². The molecule has 0 radical (unpaired) electrons. The summed E-state index contributed by atoms with van der Waals surface area (Å²) in [5.41, 5.74) is 3.25. The summed E-state index contributed by atoms with van der Waals surface area (Å²) in [6.07, 6.45) is 0. The highest BCUT2D eigenvalue weighted by Gasteiger charge is 2.10. The molecule has 0 bridgehead atoms. The molecule has 4 nitrogen and oxygen atoms in total. The van der Waals surface area contributed by atoms with E-state index in [4.69, 9.17) is 9.97 Å². The molecule has 3 aromatic rings. The fourth-order valence-electron chi connectivity index (χ4n) is 2.76. The maximum absolute atomic E-state index is 4.72. The van der Waals surface area contributed by atoms with Crippen molar-refractivity contribution in [1.82, 2.24) is 9.97 Å². The van der Waals surface area contributed by atoms with Gasteiger partial charge in [-0.05, 0) is 19.4 Å². The minimum atomic E-state index is 0.659. The van der Waals surface area contributed by atoms with E-state index in [1.54, 1.807) is 0 Å². The minimum Gasteiger partial charge on any atom is -0.357 e. The first kappa shape index (κ1) is 17.0. The van der Waals surface area contributed by atoms with E-state index in [0.717, 1.165) is 30.2 Å². The molecule has 0 fully saturated rings. The fourth-order valence-corrected chi connectivity index (χ4v) is 2.76. The maximum atomic E-state index is 4.72. The first-order valence-electron chi connectivity index (χ1n) is 8.77. The Morgan fingerprint density at radius 3 is 2.12 bits per heavy atom. The van der Waals surface area contributed by atoms with Gasteiger partial charge in [0.15, 0.2) is 0 Å². The number of nitrogens with zero attached hydrogens (tertiary/aromatic N) is 3. The van der Waals surface area contributed by atoms with Crippen LogP contribution in [-0.2, 0) is 6.54 Å². The smallest absolute Gasteiger partial charge is 0.225 e. The van der Waals surface area contributed by atoms with Crippen molar-refractivity contribution >= 4 is 11.8 Å². The second kappa shape index (κ2) is 8.29. The van der Waals surface area contributed by atoms with Crippen LogP contribution < -0.4 is 10.2 Å². The number of benzene rings is 2. The Morgan fingerprint density at radius 2 is 1.48 bits per heavy atom. The van der Waals surface area contributed by atoms with Crippen molar-refractivity contribution in [2.75, 3.05) is 23.3 Å². The molecule has 0 saturated heterocycles. The van der Waals surface area contributed by atoms with E-state index in [2.05, 4.69) is 54.4 Å². The van der Waals surface area contributed by atoms with Gasteiger partial charge < -0.3 is 10.2 Å². The number of nitrogens with one attached hydrogen (secondary N) is 1. The number of hydrogen-bond acceptors (Lipinski definition) is 4. The van der Waals surface area contributed by atoms with E-state index in [-0.39, 0.29) is 0 Å². The van der Waals surface area contributed by atoms with Gasteiger partial charge in [-0.2, -0.15) is 4.98 Å². The van der Waals surface area contributed by atoms with Gasteiger partial charge in [-0.25, -0.2) is 4.98 Å². The number of hydrogen-bond donors (Lipinski definition) is 1. The van der Waals surface area contributed by atoms with Gasteiger partial charge in [0.05, 0.1) is 5.69 Å². The van der Waals surface area contributed by atoms with Crippen molar-refractivity contribution in [2.45, 2.75) is 20.4 Å². The first-order valence-corrected chi connectivity index (χ1v) is 8.77. The van der Waals surface area contributed by atoms with Gasteiger partial charge >= 0.3 is 0 Å². The topological polar surface area (TPSA) is 41.1 Å². The molecule has 4 heteroatoms. The zero-order valence-corrected chi connectivity index (χ0v) is 14.8. The molecule has 0 saturated carbocycles. The molecule has 0 amide bonds. The molecule has 2 aromatic carbocycles. The molecule has 0 aliphatic heterocycles. The lowest BCUT2D eigenvalue weighted by molar-refractivity contribution is 0.841. The van der Waals surface area contributed by atoms with Crippen molar-refractivity contribution in [3.8, 4) is 11.3 Å². The van der Waals surface area contributed by atoms with Gasteiger partial charge in [-0.15, -0.1) is 0 Å². The van der Waals surface area contributed by atoms with Crippen LogP contribution in [0, 0.1) is 0 Å². The summed E-state index contributed by atoms with van der Waals surface area (Å²) in [5.74, 6) is 1.61. The monoisotopic (exact) mass is 332 g/mol. The number of anilines is 2.